The van der Waals surface area contributed by atoms with Gasteiger partial charge in [-0.25, -0.2) is 0 Å². The molecule has 1 aliphatic rings. The molecule has 1 fully saturated rings. The molecule has 1 N–H and O–H groups in total. The molecule has 102 valence electrons. The van der Waals surface area contributed by atoms with Crippen LogP contribution in [-0.4, -0.2) is 42.6 Å². The SMILES string of the molecule is CC1CN(CC(=O)Nc2sccc2C#N)C(C)CO1. The normalized spacial score (nSPS) is 23.8. The van der Waals surface area contributed by atoms with Crippen LogP contribution in [0.25, 0.3) is 0 Å². The third-order valence-corrected chi connectivity index (χ3v) is 3.95. The van der Waals surface area contributed by atoms with E-state index in [1.54, 1.807) is 11.4 Å². The molecule has 1 aromatic heterocycles. The molecule has 19 heavy (non-hydrogen) atoms. The molecule has 0 aliphatic carbocycles. The summed E-state index contributed by atoms with van der Waals surface area (Å²) in [7, 11) is 0. The zero-order valence-electron chi connectivity index (χ0n) is 11.0. The van der Waals surface area contributed by atoms with E-state index in [1.165, 1.54) is 11.3 Å². The van der Waals surface area contributed by atoms with E-state index >= 15 is 0 Å². The van der Waals surface area contributed by atoms with Crippen molar-refractivity contribution in [3.05, 3.63) is 17.0 Å². The van der Waals surface area contributed by atoms with Crippen molar-refractivity contribution in [2.45, 2.75) is 26.0 Å². The number of rotatable bonds is 3. The number of nitrogens with zero attached hydrogens (tertiary/aromatic N) is 2. The number of thiophene rings is 1. The summed E-state index contributed by atoms with van der Waals surface area (Å²) in [5, 5.41) is 14.1. The number of nitrogens with one attached hydrogen (secondary N) is 1. The first-order valence-corrected chi connectivity index (χ1v) is 7.11. The topological polar surface area (TPSA) is 65.4 Å². The summed E-state index contributed by atoms with van der Waals surface area (Å²) >= 11 is 1.37. The van der Waals surface area contributed by atoms with Gasteiger partial charge in [-0.05, 0) is 25.3 Å². The molecule has 0 bridgehead atoms. The predicted molar refractivity (Wildman–Crippen MR) is 74.1 cm³/mol. The molecule has 2 heterocycles. The van der Waals surface area contributed by atoms with Crippen molar-refractivity contribution in [2.75, 3.05) is 25.0 Å². The highest BCUT2D eigenvalue weighted by Crippen LogP contribution is 2.22. The Labute approximate surface area is 116 Å². The summed E-state index contributed by atoms with van der Waals surface area (Å²) in [6.07, 6.45) is 0.153. The van der Waals surface area contributed by atoms with Gasteiger partial charge in [-0.1, -0.05) is 0 Å². The molecule has 0 radical (unpaired) electrons. The summed E-state index contributed by atoms with van der Waals surface area (Å²) in [6.45, 7) is 5.79. The number of nitriles is 1. The van der Waals surface area contributed by atoms with E-state index in [2.05, 4.69) is 16.3 Å². The van der Waals surface area contributed by atoms with Crippen LogP contribution in [-0.2, 0) is 9.53 Å². The van der Waals surface area contributed by atoms with Crippen molar-refractivity contribution < 1.29 is 9.53 Å². The predicted octanol–water partition coefficient (Wildman–Crippen LogP) is 1.67. The maximum Gasteiger partial charge on any atom is 0.239 e. The number of amides is 1. The standard InChI is InChI=1S/C13H17N3O2S/c1-9-8-18-10(2)6-16(9)7-12(17)15-13-11(5-14)3-4-19-13/h3-4,9-10H,6-8H2,1-2H3,(H,15,17). The second-order valence-corrected chi connectivity index (χ2v) is 5.66. The largest absolute Gasteiger partial charge is 0.376 e. The Kier molecular flexibility index (Phi) is 4.53. The van der Waals surface area contributed by atoms with Crippen LogP contribution in [0.15, 0.2) is 11.4 Å². The highest BCUT2D eigenvalue weighted by Gasteiger charge is 2.25. The van der Waals surface area contributed by atoms with Crippen LogP contribution in [0.5, 0.6) is 0 Å². The van der Waals surface area contributed by atoms with Crippen LogP contribution >= 0.6 is 11.3 Å². The molecule has 2 atom stereocenters. The summed E-state index contributed by atoms with van der Waals surface area (Å²) < 4.78 is 5.53. The zero-order chi connectivity index (χ0) is 13.8. The number of carbonyl (C=O) groups is 1. The fraction of sp³-hybridized carbons (Fsp3) is 0.538. The van der Waals surface area contributed by atoms with Gasteiger partial charge < -0.3 is 10.1 Å². The molecule has 5 nitrogen and oxygen atoms in total. The molecule has 6 heteroatoms. The lowest BCUT2D eigenvalue weighted by Gasteiger charge is -2.36. The fourth-order valence-electron chi connectivity index (χ4n) is 2.04. The second-order valence-electron chi connectivity index (χ2n) is 4.75. The van der Waals surface area contributed by atoms with Gasteiger partial charge in [-0.15, -0.1) is 11.3 Å². The first-order chi connectivity index (χ1) is 9.10. The van der Waals surface area contributed by atoms with E-state index in [0.717, 1.165) is 6.54 Å². The van der Waals surface area contributed by atoms with Gasteiger partial charge in [-0.2, -0.15) is 5.26 Å². The highest BCUT2D eigenvalue weighted by molar-refractivity contribution is 7.14. The van der Waals surface area contributed by atoms with Crippen molar-refractivity contribution in [1.29, 1.82) is 5.26 Å². The monoisotopic (exact) mass is 279 g/mol. The Bertz CT molecular complexity index is 494. The summed E-state index contributed by atoms with van der Waals surface area (Å²) in [5.41, 5.74) is 0.516. The number of carbonyl (C=O) groups excluding carboxylic acids is 1. The Morgan fingerprint density at radius 2 is 2.47 bits per heavy atom. The molecular formula is C13H17N3O2S. The van der Waals surface area contributed by atoms with Crippen LogP contribution in [0.4, 0.5) is 5.00 Å². The van der Waals surface area contributed by atoms with Gasteiger partial charge in [0, 0.05) is 12.6 Å². The van der Waals surface area contributed by atoms with Gasteiger partial charge in [-0.3, -0.25) is 9.69 Å². The van der Waals surface area contributed by atoms with E-state index in [0.29, 0.717) is 23.7 Å². The molecule has 1 amide bonds. The fourth-order valence-corrected chi connectivity index (χ4v) is 2.79. The maximum absolute atomic E-state index is 12.0. The van der Waals surface area contributed by atoms with Gasteiger partial charge in [0.1, 0.15) is 11.1 Å². The smallest absolute Gasteiger partial charge is 0.239 e. The molecule has 0 aromatic carbocycles. The zero-order valence-corrected chi connectivity index (χ0v) is 11.9. The van der Waals surface area contributed by atoms with E-state index in [-0.39, 0.29) is 18.1 Å². The maximum atomic E-state index is 12.0. The lowest BCUT2D eigenvalue weighted by molar-refractivity contribution is -0.121. The number of anilines is 1. The van der Waals surface area contributed by atoms with Gasteiger partial charge in [0.15, 0.2) is 0 Å². The minimum Gasteiger partial charge on any atom is -0.376 e. The Morgan fingerprint density at radius 3 is 3.21 bits per heavy atom. The minimum absolute atomic E-state index is 0.0834. The van der Waals surface area contributed by atoms with Gasteiger partial charge in [0.05, 0.1) is 24.8 Å². The summed E-state index contributed by atoms with van der Waals surface area (Å²) in [6, 6.07) is 4.01. The molecular weight excluding hydrogens is 262 g/mol. The number of hydrogen-bond donors (Lipinski definition) is 1. The quantitative estimate of drug-likeness (QED) is 0.914. The first kappa shape index (κ1) is 14.0. The molecule has 0 saturated carbocycles. The van der Waals surface area contributed by atoms with Gasteiger partial charge in [0.25, 0.3) is 0 Å². The molecule has 1 aromatic rings. The van der Waals surface area contributed by atoms with Crippen LogP contribution in [0.2, 0.25) is 0 Å². The average Bonchev–Trinajstić information content (AvgIpc) is 2.81. The number of ether oxygens (including phenoxy) is 1. The van der Waals surface area contributed by atoms with E-state index < -0.39 is 0 Å². The van der Waals surface area contributed by atoms with Crippen LogP contribution in [0, 0.1) is 11.3 Å². The summed E-state index contributed by atoms with van der Waals surface area (Å²) in [5.74, 6) is -0.0834. The first-order valence-electron chi connectivity index (χ1n) is 6.23. The van der Waals surface area contributed by atoms with Crippen LogP contribution in [0.1, 0.15) is 19.4 Å². The molecule has 1 aliphatic heterocycles. The Hall–Kier alpha value is -1.42. The number of hydrogen-bond acceptors (Lipinski definition) is 5. The highest BCUT2D eigenvalue weighted by atomic mass is 32.1. The minimum atomic E-state index is -0.0834. The van der Waals surface area contributed by atoms with Crippen molar-refractivity contribution in [1.82, 2.24) is 4.90 Å². The lowest BCUT2D eigenvalue weighted by Crippen LogP contribution is -2.50. The van der Waals surface area contributed by atoms with E-state index in [1.807, 2.05) is 13.8 Å². The van der Waals surface area contributed by atoms with Crippen molar-refractivity contribution in [3.8, 4) is 6.07 Å². The Balaban J connectivity index is 1.92. The van der Waals surface area contributed by atoms with Crippen LogP contribution < -0.4 is 5.32 Å². The average molecular weight is 279 g/mol. The van der Waals surface area contributed by atoms with Crippen molar-refractivity contribution >= 4 is 22.2 Å². The molecule has 0 spiro atoms. The molecule has 2 unspecified atom stereocenters. The number of morpholine rings is 1. The summed E-state index contributed by atoms with van der Waals surface area (Å²) in [4.78, 5) is 14.1. The van der Waals surface area contributed by atoms with Crippen molar-refractivity contribution in [3.63, 3.8) is 0 Å². The Morgan fingerprint density at radius 1 is 1.68 bits per heavy atom. The van der Waals surface area contributed by atoms with E-state index in [4.69, 9.17) is 10.00 Å². The molecule has 2 rings (SSSR count). The third-order valence-electron chi connectivity index (χ3n) is 3.12. The van der Waals surface area contributed by atoms with Gasteiger partial charge >= 0.3 is 0 Å². The van der Waals surface area contributed by atoms with Crippen LogP contribution in [0.3, 0.4) is 0 Å². The van der Waals surface area contributed by atoms with E-state index in [9.17, 15) is 4.79 Å². The lowest BCUT2D eigenvalue weighted by atomic mass is 10.2. The third kappa shape index (κ3) is 3.53. The van der Waals surface area contributed by atoms with Crippen molar-refractivity contribution in [2.24, 2.45) is 0 Å². The second kappa shape index (κ2) is 6.15. The molecule has 1 saturated heterocycles. The van der Waals surface area contributed by atoms with Gasteiger partial charge in [0.2, 0.25) is 5.91 Å².